The van der Waals surface area contributed by atoms with E-state index in [9.17, 15) is 13.2 Å². The minimum absolute atomic E-state index is 0.0536. The standard InChI is InChI=1S/C27H31N3O4SSi/c1-27(2,3)36(4,5)34-18-19-14-23-24(20-10-9-11-21(15-20)25(28)31)17-30(26(23)29-16-19)35(32,33)22-12-7-6-8-13-22/h6-17H,18H2,1-5H3,(H2,28,31). The van der Waals surface area contributed by atoms with Crippen LogP contribution in [0, 0.1) is 0 Å². The van der Waals surface area contributed by atoms with Gasteiger partial charge in [0.05, 0.1) is 11.5 Å². The molecule has 0 bridgehead atoms. The van der Waals surface area contributed by atoms with Crippen LogP contribution in [-0.2, 0) is 21.1 Å². The summed E-state index contributed by atoms with van der Waals surface area (Å²) in [6.45, 7) is 11.3. The summed E-state index contributed by atoms with van der Waals surface area (Å²) in [7, 11) is -5.91. The van der Waals surface area contributed by atoms with E-state index in [2.05, 4.69) is 38.8 Å². The van der Waals surface area contributed by atoms with Crippen molar-refractivity contribution in [3.8, 4) is 11.1 Å². The highest BCUT2D eigenvalue weighted by atomic mass is 32.2. The third-order valence-corrected chi connectivity index (χ3v) is 13.0. The summed E-state index contributed by atoms with van der Waals surface area (Å²) < 4.78 is 34.7. The molecule has 0 aliphatic carbocycles. The Hall–Kier alpha value is -3.27. The molecule has 2 aromatic heterocycles. The van der Waals surface area contributed by atoms with Crippen LogP contribution in [0.1, 0.15) is 36.7 Å². The molecule has 2 heterocycles. The lowest BCUT2D eigenvalue weighted by Crippen LogP contribution is -2.40. The normalized spacial score (nSPS) is 12.7. The van der Waals surface area contributed by atoms with Gasteiger partial charge in [0.15, 0.2) is 14.0 Å². The van der Waals surface area contributed by atoms with Crippen molar-refractivity contribution in [2.24, 2.45) is 5.73 Å². The highest BCUT2D eigenvalue weighted by Gasteiger charge is 2.37. The van der Waals surface area contributed by atoms with Crippen LogP contribution >= 0.6 is 0 Å². The van der Waals surface area contributed by atoms with Gasteiger partial charge in [-0.05, 0) is 59.6 Å². The second kappa shape index (κ2) is 9.31. The Morgan fingerprint density at radius 2 is 1.75 bits per heavy atom. The van der Waals surface area contributed by atoms with Crippen LogP contribution in [0.25, 0.3) is 22.2 Å². The van der Waals surface area contributed by atoms with Crippen LogP contribution in [0.3, 0.4) is 0 Å². The van der Waals surface area contributed by atoms with Crippen molar-refractivity contribution in [1.29, 1.82) is 0 Å². The first-order valence-corrected chi connectivity index (χ1v) is 16.0. The molecule has 0 fully saturated rings. The molecule has 0 aliphatic heterocycles. The van der Waals surface area contributed by atoms with E-state index >= 15 is 0 Å². The molecule has 4 aromatic rings. The first-order chi connectivity index (χ1) is 16.8. The molecule has 0 spiro atoms. The predicted molar refractivity (Wildman–Crippen MR) is 145 cm³/mol. The number of aromatic nitrogens is 2. The SMILES string of the molecule is CC(C)(C)[Si](C)(C)OCc1cnc2c(c1)c(-c1cccc(C(N)=O)c1)cn2S(=O)(=O)c1ccccc1. The monoisotopic (exact) mass is 521 g/mol. The van der Waals surface area contributed by atoms with Gasteiger partial charge >= 0.3 is 0 Å². The van der Waals surface area contributed by atoms with Gasteiger partial charge in [0.25, 0.3) is 10.0 Å². The maximum Gasteiger partial charge on any atom is 0.269 e. The summed E-state index contributed by atoms with van der Waals surface area (Å²) in [5.41, 5.74) is 8.28. The van der Waals surface area contributed by atoms with Crippen molar-refractivity contribution in [2.45, 2.75) is 50.4 Å². The molecule has 0 unspecified atom stereocenters. The van der Waals surface area contributed by atoms with Crippen LogP contribution in [0.2, 0.25) is 18.1 Å². The summed E-state index contributed by atoms with van der Waals surface area (Å²) in [6.07, 6.45) is 3.22. The van der Waals surface area contributed by atoms with E-state index in [-0.39, 0.29) is 9.93 Å². The van der Waals surface area contributed by atoms with Crippen molar-refractivity contribution in [2.75, 3.05) is 0 Å². The van der Waals surface area contributed by atoms with Crippen molar-refractivity contribution in [1.82, 2.24) is 8.96 Å². The number of carbonyl (C=O) groups excluding carboxylic acids is 1. The van der Waals surface area contributed by atoms with Crippen LogP contribution in [0.4, 0.5) is 0 Å². The quantitative estimate of drug-likeness (QED) is 0.321. The molecule has 9 heteroatoms. The molecule has 36 heavy (non-hydrogen) atoms. The smallest absolute Gasteiger partial charge is 0.269 e. The van der Waals surface area contributed by atoms with Crippen LogP contribution in [0.15, 0.2) is 78.0 Å². The third kappa shape index (κ3) is 4.86. The fraction of sp³-hybridized carbons (Fsp3) is 0.259. The van der Waals surface area contributed by atoms with E-state index in [4.69, 9.17) is 10.2 Å². The average Bonchev–Trinajstić information content (AvgIpc) is 3.22. The van der Waals surface area contributed by atoms with E-state index in [0.29, 0.717) is 34.3 Å². The zero-order valence-corrected chi connectivity index (χ0v) is 23.0. The molecule has 2 aromatic carbocycles. The maximum absolute atomic E-state index is 13.5. The van der Waals surface area contributed by atoms with E-state index in [1.807, 2.05) is 12.1 Å². The molecule has 0 aliphatic rings. The Morgan fingerprint density at radius 3 is 2.39 bits per heavy atom. The van der Waals surface area contributed by atoms with E-state index in [1.165, 1.54) is 3.97 Å². The first-order valence-electron chi connectivity index (χ1n) is 11.7. The summed E-state index contributed by atoms with van der Waals surface area (Å²) >= 11 is 0. The second-order valence-electron chi connectivity index (χ2n) is 10.4. The van der Waals surface area contributed by atoms with Crippen molar-refractivity contribution < 1.29 is 17.6 Å². The lowest BCUT2D eigenvalue weighted by molar-refractivity contribution is 0.100. The molecular formula is C27H31N3O4SSi. The van der Waals surface area contributed by atoms with Gasteiger partial charge in [-0.1, -0.05) is 51.1 Å². The minimum Gasteiger partial charge on any atom is -0.413 e. The zero-order chi connectivity index (χ0) is 26.3. The molecule has 4 rings (SSSR count). The Morgan fingerprint density at radius 1 is 1.06 bits per heavy atom. The van der Waals surface area contributed by atoms with Gasteiger partial charge in [-0.25, -0.2) is 17.4 Å². The molecule has 0 saturated carbocycles. The highest BCUT2D eigenvalue weighted by Crippen LogP contribution is 2.38. The number of benzene rings is 2. The number of fused-ring (bicyclic) bond motifs is 1. The number of nitrogens with two attached hydrogens (primary N) is 1. The van der Waals surface area contributed by atoms with Gasteiger partial charge in [0.2, 0.25) is 5.91 Å². The Bertz CT molecular complexity index is 1540. The van der Waals surface area contributed by atoms with Gasteiger partial charge in [0.1, 0.15) is 0 Å². The van der Waals surface area contributed by atoms with Gasteiger partial charge in [-0.2, -0.15) is 0 Å². The Kier molecular flexibility index (Phi) is 6.67. The van der Waals surface area contributed by atoms with Crippen molar-refractivity contribution in [3.63, 3.8) is 0 Å². The largest absolute Gasteiger partial charge is 0.413 e. The molecule has 0 saturated heterocycles. The molecule has 1 amide bonds. The fourth-order valence-corrected chi connectivity index (χ4v) is 5.95. The van der Waals surface area contributed by atoms with E-state index in [0.717, 1.165) is 5.56 Å². The number of nitrogens with zero attached hydrogens (tertiary/aromatic N) is 2. The minimum atomic E-state index is -3.91. The third-order valence-electron chi connectivity index (χ3n) is 6.83. The van der Waals surface area contributed by atoms with Gasteiger partial charge in [-0.15, -0.1) is 0 Å². The second-order valence-corrected chi connectivity index (χ2v) is 17.0. The van der Waals surface area contributed by atoms with Crippen LogP contribution in [0.5, 0.6) is 0 Å². The zero-order valence-electron chi connectivity index (χ0n) is 21.1. The first kappa shape index (κ1) is 25.8. The number of carbonyl (C=O) groups is 1. The fourth-order valence-electron chi connectivity index (χ4n) is 3.64. The van der Waals surface area contributed by atoms with Crippen molar-refractivity contribution in [3.05, 3.63) is 84.2 Å². The van der Waals surface area contributed by atoms with E-state index in [1.54, 1.807) is 60.9 Å². The topological polar surface area (TPSA) is 104 Å². The summed E-state index contributed by atoms with van der Waals surface area (Å²) in [6, 6.07) is 17.0. The maximum atomic E-state index is 13.5. The number of hydrogen-bond acceptors (Lipinski definition) is 5. The molecule has 188 valence electrons. The van der Waals surface area contributed by atoms with Crippen LogP contribution in [-0.4, -0.2) is 31.6 Å². The van der Waals surface area contributed by atoms with Crippen LogP contribution < -0.4 is 5.73 Å². The Balaban J connectivity index is 1.88. The highest BCUT2D eigenvalue weighted by molar-refractivity contribution is 7.90. The number of amides is 1. The lowest BCUT2D eigenvalue weighted by atomic mass is 10.0. The molecule has 7 nitrogen and oxygen atoms in total. The number of hydrogen-bond donors (Lipinski definition) is 1. The number of pyridine rings is 1. The summed E-state index contributed by atoms with van der Waals surface area (Å²) in [5, 5.41) is 0.699. The Labute approximate surface area is 213 Å². The molecule has 0 radical (unpaired) electrons. The van der Waals surface area contributed by atoms with Gasteiger partial charge in [-0.3, -0.25) is 4.79 Å². The van der Waals surface area contributed by atoms with Gasteiger partial charge < -0.3 is 10.2 Å². The molecule has 2 N–H and O–H groups in total. The van der Waals surface area contributed by atoms with Crippen molar-refractivity contribution >= 4 is 35.3 Å². The summed E-state index contributed by atoms with van der Waals surface area (Å²) in [4.78, 5) is 16.5. The average molecular weight is 522 g/mol. The number of rotatable bonds is 7. The molecular weight excluding hydrogens is 490 g/mol. The molecule has 0 atom stereocenters. The van der Waals surface area contributed by atoms with Gasteiger partial charge in [0, 0.05) is 28.9 Å². The summed E-state index contributed by atoms with van der Waals surface area (Å²) in [5.74, 6) is -0.556. The predicted octanol–water partition coefficient (Wildman–Crippen LogP) is 5.56. The van der Waals surface area contributed by atoms with E-state index < -0.39 is 24.2 Å². The number of primary amides is 1. The lowest BCUT2D eigenvalue weighted by Gasteiger charge is -2.36.